The van der Waals surface area contributed by atoms with Gasteiger partial charge in [0.05, 0.1) is 13.2 Å². The molecule has 1 aromatic heterocycles. The standard InChI is InChI=1S/C18H22N2O/c1-19-17(16-10-5-11-20-18(16)21-2)15-9-4-8-14(12-15)13-6-3-7-13/h4-5,8-13,17,19H,3,6-7H2,1-2H3. The Morgan fingerprint density at radius 1 is 1.24 bits per heavy atom. The Morgan fingerprint density at radius 3 is 2.76 bits per heavy atom. The van der Waals surface area contributed by atoms with Crippen molar-refractivity contribution < 1.29 is 4.74 Å². The number of hydrogen-bond acceptors (Lipinski definition) is 3. The van der Waals surface area contributed by atoms with Crippen LogP contribution in [0.4, 0.5) is 0 Å². The first kappa shape index (κ1) is 14.1. The summed E-state index contributed by atoms with van der Waals surface area (Å²) in [6.07, 6.45) is 5.77. The third-order valence-corrected chi connectivity index (χ3v) is 4.41. The molecule has 3 nitrogen and oxygen atoms in total. The quantitative estimate of drug-likeness (QED) is 0.908. The molecule has 1 aromatic carbocycles. The molecular formula is C18H22N2O. The third kappa shape index (κ3) is 2.79. The van der Waals surface area contributed by atoms with E-state index in [-0.39, 0.29) is 6.04 Å². The molecule has 110 valence electrons. The summed E-state index contributed by atoms with van der Waals surface area (Å²) in [5.41, 5.74) is 3.81. The third-order valence-electron chi connectivity index (χ3n) is 4.41. The Balaban J connectivity index is 1.95. The van der Waals surface area contributed by atoms with Crippen LogP contribution in [-0.4, -0.2) is 19.1 Å². The number of nitrogens with one attached hydrogen (secondary N) is 1. The maximum absolute atomic E-state index is 5.41. The first-order valence-electron chi connectivity index (χ1n) is 7.59. The molecule has 3 heteroatoms. The molecule has 1 fully saturated rings. The SMILES string of the molecule is CNC(c1cccc(C2CCC2)c1)c1cccnc1OC. The molecule has 2 aromatic rings. The number of pyridine rings is 1. The Hall–Kier alpha value is -1.87. The van der Waals surface area contributed by atoms with E-state index in [9.17, 15) is 0 Å². The molecule has 0 saturated heterocycles. The molecule has 1 saturated carbocycles. The van der Waals surface area contributed by atoms with E-state index in [4.69, 9.17) is 4.74 Å². The zero-order valence-electron chi connectivity index (χ0n) is 12.7. The molecule has 1 N–H and O–H groups in total. The van der Waals surface area contributed by atoms with Crippen molar-refractivity contribution >= 4 is 0 Å². The van der Waals surface area contributed by atoms with Gasteiger partial charge < -0.3 is 10.1 Å². The van der Waals surface area contributed by atoms with Crippen LogP contribution in [0.15, 0.2) is 42.6 Å². The average Bonchev–Trinajstić information content (AvgIpc) is 2.47. The summed E-state index contributed by atoms with van der Waals surface area (Å²) in [5, 5.41) is 3.39. The largest absolute Gasteiger partial charge is 0.481 e. The summed E-state index contributed by atoms with van der Waals surface area (Å²) in [6, 6.07) is 13.1. The van der Waals surface area contributed by atoms with Gasteiger partial charge in [0.15, 0.2) is 0 Å². The second kappa shape index (κ2) is 6.27. The van der Waals surface area contributed by atoms with Gasteiger partial charge in [0.2, 0.25) is 5.88 Å². The molecule has 3 rings (SSSR count). The molecular weight excluding hydrogens is 260 g/mol. The van der Waals surface area contributed by atoms with Crippen LogP contribution >= 0.6 is 0 Å². The molecule has 1 aliphatic rings. The molecule has 0 spiro atoms. The first-order valence-corrected chi connectivity index (χ1v) is 7.59. The Kier molecular flexibility index (Phi) is 4.20. The van der Waals surface area contributed by atoms with Gasteiger partial charge in [0.25, 0.3) is 0 Å². The van der Waals surface area contributed by atoms with Crippen molar-refractivity contribution in [2.75, 3.05) is 14.2 Å². The van der Waals surface area contributed by atoms with Gasteiger partial charge in [-0.25, -0.2) is 4.98 Å². The van der Waals surface area contributed by atoms with Gasteiger partial charge in [-0.15, -0.1) is 0 Å². The number of benzene rings is 1. The number of aromatic nitrogens is 1. The summed E-state index contributed by atoms with van der Waals surface area (Å²) in [5.74, 6) is 1.43. The van der Waals surface area contributed by atoms with E-state index < -0.39 is 0 Å². The van der Waals surface area contributed by atoms with Crippen LogP contribution in [0.25, 0.3) is 0 Å². The summed E-state index contributed by atoms with van der Waals surface area (Å²) in [4.78, 5) is 4.31. The molecule has 0 bridgehead atoms. The van der Waals surface area contributed by atoms with E-state index in [1.54, 1.807) is 13.3 Å². The zero-order valence-corrected chi connectivity index (χ0v) is 12.7. The molecule has 1 atom stereocenters. The van der Waals surface area contributed by atoms with Crippen LogP contribution in [0.3, 0.4) is 0 Å². The van der Waals surface area contributed by atoms with Crippen LogP contribution < -0.4 is 10.1 Å². The van der Waals surface area contributed by atoms with Crippen LogP contribution in [0.5, 0.6) is 5.88 Å². The number of nitrogens with zero attached hydrogens (tertiary/aromatic N) is 1. The molecule has 1 aliphatic carbocycles. The van der Waals surface area contributed by atoms with Crippen molar-refractivity contribution in [2.24, 2.45) is 0 Å². The molecule has 21 heavy (non-hydrogen) atoms. The zero-order chi connectivity index (χ0) is 14.7. The van der Waals surface area contributed by atoms with Gasteiger partial charge in [0, 0.05) is 11.8 Å². The number of hydrogen-bond donors (Lipinski definition) is 1. The topological polar surface area (TPSA) is 34.2 Å². The molecule has 0 amide bonds. The van der Waals surface area contributed by atoms with E-state index in [1.165, 1.54) is 30.4 Å². The van der Waals surface area contributed by atoms with Crippen molar-refractivity contribution in [2.45, 2.75) is 31.2 Å². The smallest absolute Gasteiger partial charge is 0.218 e. The minimum Gasteiger partial charge on any atom is -0.481 e. The second-order valence-electron chi connectivity index (χ2n) is 5.62. The van der Waals surface area contributed by atoms with Crippen molar-refractivity contribution in [1.29, 1.82) is 0 Å². The Labute approximate surface area is 126 Å². The van der Waals surface area contributed by atoms with Crippen LogP contribution in [0, 0.1) is 0 Å². The Bertz CT molecular complexity index is 608. The summed E-state index contributed by atoms with van der Waals surface area (Å²) in [6.45, 7) is 0. The molecule has 0 aliphatic heterocycles. The highest BCUT2D eigenvalue weighted by Gasteiger charge is 2.22. The van der Waals surface area contributed by atoms with Gasteiger partial charge in [-0.3, -0.25) is 0 Å². The highest BCUT2D eigenvalue weighted by atomic mass is 16.5. The lowest BCUT2D eigenvalue weighted by atomic mass is 9.79. The summed E-state index contributed by atoms with van der Waals surface area (Å²) < 4.78 is 5.41. The molecule has 0 radical (unpaired) electrons. The van der Waals surface area contributed by atoms with Gasteiger partial charge in [-0.2, -0.15) is 0 Å². The fourth-order valence-electron chi connectivity index (χ4n) is 3.03. The monoisotopic (exact) mass is 282 g/mol. The van der Waals surface area contributed by atoms with Crippen molar-refractivity contribution in [1.82, 2.24) is 10.3 Å². The predicted molar refractivity (Wildman–Crippen MR) is 84.7 cm³/mol. The van der Waals surface area contributed by atoms with Gasteiger partial charge in [-0.05, 0) is 43.0 Å². The van der Waals surface area contributed by atoms with E-state index in [0.717, 1.165) is 11.5 Å². The van der Waals surface area contributed by atoms with E-state index in [1.807, 2.05) is 13.1 Å². The van der Waals surface area contributed by atoms with Crippen LogP contribution in [0.2, 0.25) is 0 Å². The minimum absolute atomic E-state index is 0.105. The first-order chi connectivity index (χ1) is 10.3. The fourth-order valence-corrected chi connectivity index (χ4v) is 3.03. The lowest BCUT2D eigenvalue weighted by Crippen LogP contribution is -2.19. The number of methoxy groups -OCH3 is 1. The molecule has 1 heterocycles. The second-order valence-corrected chi connectivity index (χ2v) is 5.62. The number of rotatable bonds is 5. The van der Waals surface area contributed by atoms with Crippen molar-refractivity contribution in [3.63, 3.8) is 0 Å². The highest BCUT2D eigenvalue weighted by Crippen LogP contribution is 2.38. The summed E-state index contributed by atoms with van der Waals surface area (Å²) >= 11 is 0. The van der Waals surface area contributed by atoms with Crippen molar-refractivity contribution in [3.8, 4) is 5.88 Å². The number of ether oxygens (including phenoxy) is 1. The predicted octanol–water partition coefficient (Wildman–Crippen LogP) is 3.67. The van der Waals surface area contributed by atoms with Gasteiger partial charge >= 0.3 is 0 Å². The summed E-state index contributed by atoms with van der Waals surface area (Å²) in [7, 11) is 3.65. The van der Waals surface area contributed by atoms with Crippen molar-refractivity contribution in [3.05, 3.63) is 59.3 Å². The van der Waals surface area contributed by atoms with Crippen LogP contribution in [-0.2, 0) is 0 Å². The lowest BCUT2D eigenvalue weighted by Gasteiger charge is -2.27. The van der Waals surface area contributed by atoms with Crippen LogP contribution in [0.1, 0.15) is 47.9 Å². The highest BCUT2D eigenvalue weighted by molar-refractivity contribution is 5.39. The maximum atomic E-state index is 5.41. The van der Waals surface area contributed by atoms with E-state index in [0.29, 0.717) is 5.88 Å². The Morgan fingerprint density at radius 2 is 2.10 bits per heavy atom. The van der Waals surface area contributed by atoms with Gasteiger partial charge in [0.1, 0.15) is 0 Å². The molecule has 1 unspecified atom stereocenters. The normalized spacial score (nSPS) is 16.3. The maximum Gasteiger partial charge on any atom is 0.218 e. The fraction of sp³-hybridized carbons (Fsp3) is 0.389. The van der Waals surface area contributed by atoms with E-state index in [2.05, 4.69) is 40.6 Å². The minimum atomic E-state index is 0.105. The lowest BCUT2D eigenvalue weighted by molar-refractivity contribution is 0.388. The average molecular weight is 282 g/mol. The van der Waals surface area contributed by atoms with Gasteiger partial charge in [-0.1, -0.05) is 36.8 Å². The van der Waals surface area contributed by atoms with E-state index >= 15 is 0 Å².